The maximum Gasteiger partial charge on any atom is 0.313 e. The van der Waals surface area contributed by atoms with Crippen LogP contribution in [0.15, 0.2) is 0 Å². The molecule has 0 aromatic carbocycles. The van der Waals surface area contributed by atoms with Gasteiger partial charge in [-0.1, -0.05) is 0 Å². The van der Waals surface area contributed by atoms with Gasteiger partial charge in [0.2, 0.25) is 0 Å². The van der Waals surface area contributed by atoms with Crippen molar-refractivity contribution in [3.63, 3.8) is 0 Å². The number of esters is 1. The van der Waals surface area contributed by atoms with Crippen LogP contribution >= 0.6 is 0 Å². The van der Waals surface area contributed by atoms with Gasteiger partial charge in [0.05, 0.1) is 6.54 Å². The number of fused-ring (bicyclic) bond motifs is 1. The Morgan fingerprint density at radius 3 is 3.11 bits per heavy atom. The van der Waals surface area contributed by atoms with Gasteiger partial charge in [-0.15, -0.1) is 0 Å². The summed E-state index contributed by atoms with van der Waals surface area (Å²) in [5, 5.41) is 2.20. The number of ether oxygens (including phenoxy) is 1. The largest absolute Gasteiger partial charge is 0.455 e. The highest BCUT2D eigenvalue weighted by Gasteiger charge is 2.45. The predicted octanol–water partition coefficient (Wildman–Crippen LogP) is -1.50. The summed E-state index contributed by atoms with van der Waals surface area (Å²) in [4.78, 5) is 10.6. The van der Waals surface area contributed by atoms with Crippen LogP contribution in [-0.2, 0) is 9.53 Å². The summed E-state index contributed by atoms with van der Waals surface area (Å²) in [6, 6.07) is 0. The first-order chi connectivity index (χ1) is 4.38. The molecule has 2 rings (SSSR count). The molecule has 9 heavy (non-hydrogen) atoms. The van der Waals surface area contributed by atoms with E-state index in [2.05, 4.69) is 5.32 Å². The minimum absolute atomic E-state index is 0.0214. The Hall–Kier alpha value is -0.570. The second-order valence-corrected chi connectivity index (χ2v) is 2.68. The number of hydrogen-bond donors (Lipinski definition) is 1. The molecule has 2 N–H and O–H groups in total. The third-order valence-electron chi connectivity index (χ3n) is 2.10. The van der Waals surface area contributed by atoms with Crippen LogP contribution in [0.5, 0.6) is 0 Å². The van der Waals surface area contributed by atoms with Crippen molar-refractivity contribution in [2.24, 2.45) is 5.92 Å². The number of hydrogen-bond acceptors (Lipinski definition) is 2. The van der Waals surface area contributed by atoms with Crippen molar-refractivity contribution in [1.29, 1.82) is 0 Å². The van der Waals surface area contributed by atoms with Crippen LogP contribution in [0.2, 0.25) is 0 Å². The third-order valence-corrected chi connectivity index (χ3v) is 2.10. The van der Waals surface area contributed by atoms with Crippen molar-refractivity contribution in [2.75, 3.05) is 13.1 Å². The van der Waals surface area contributed by atoms with E-state index in [1.807, 2.05) is 0 Å². The number of piperidine rings is 1. The van der Waals surface area contributed by atoms with Gasteiger partial charge in [0.25, 0.3) is 0 Å². The van der Waals surface area contributed by atoms with Gasteiger partial charge in [0.15, 0.2) is 6.10 Å². The highest BCUT2D eigenvalue weighted by molar-refractivity contribution is 5.78. The Balaban J connectivity index is 2.01. The quantitative estimate of drug-likeness (QED) is 0.403. The zero-order valence-corrected chi connectivity index (χ0v) is 5.17. The fourth-order valence-electron chi connectivity index (χ4n) is 1.49. The fourth-order valence-corrected chi connectivity index (χ4v) is 1.49. The first-order valence-corrected chi connectivity index (χ1v) is 3.40. The number of carbonyl (C=O) groups is 1. The molecule has 0 amide bonds. The molecule has 2 fully saturated rings. The van der Waals surface area contributed by atoms with Gasteiger partial charge in [0, 0.05) is 6.42 Å². The summed E-state index contributed by atoms with van der Waals surface area (Å²) >= 11 is 0. The number of quaternary nitrogens is 1. The summed E-state index contributed by atoms with van der Waals surface area (Å²) in [7, 11) is 0. The molecule has 0 radical (unpaired) electrons. The lowest BCUT2D eigenvalue weighted by atomic mass is 9.90. The molecule has 2 aliphatic rings. The van der Waals surface area contributed by atoms with Gasteiger partial charge in [-0.25, -0.2) is 0 Å². The molecule has 0 bridgehead atoms. The summed E-state index contributed by atoms with van der Waals surface area (Å²) < 4.78 is 4.87. The normalized spacial score (nSPS) is 40.7. The lowest BCUT2D eigenvalue weighted by Crippen LogP contribution is -2.91. The van der Waals surface area contributed by atoms with Crippen molar-refractivity contribution in [1.82, 2.24) is 0 Å². The van der Waals surface area contributed by atoms with Crippen LogP contribution in [-0.4, -0.2) is 25.2 Å². The van der Waals surface area contributed by atoms with Crippen molar-refractivity contribution in [3.8, 4) is 0 Å². The molecular formula is C6H10NO2+. The van der Waals surface area contributed by atoms with E-state index in [0.29, 0.717) is 0 Å². The highest BCUT2D eigenvalue weighted by Crippen LogP contribution is 2.24. The van der Waals surface area contributed by atoms with Gasteiger partial charge in [-0.05, 0) is 0 Å². The number of rotatable bonds is 0. The smallest absolute Gasteiger partial charge is 0.313 e. The first kappa shape index (κ1) is 5.23. The van der Waals surface area contributed by atoms with Crippen molar-refractivity contribution < 1.29 is 14.8 Å². The molecule has 2 aliphatic heterocycles. The summed E-state index contributed by atoms with van der Waals surface area (Å²) in [5.41, 5.74) is 0. The van der Waals surface area contributed by atoms with E-state index in [1.54, 1.807) is 0 Å². The van der Waals surface area contributed by atoms with Gasteiger partial charge in [0.1, 0.15) is 12.5 Å². The SMILES string of the molecule is O=C1O[C@H]2C[NH2+]CC[C@@H]12. The van der Waals surface area contributed by atoms with Gasteiger partial charge < -0.3 is 10.1 Å². The molecule has 3 nitrogen and oxygen atoms in total. The van der Waals surface area contributed by atoms with E-state index in [0.717, 1.165) is 19.5 Å². The van der Waals surface area contributed by atoms with Crippen molar-refractivity contribution >= 4 is 5.97 Å². The second kappa shape index (κ2) is 1.70. The van der Waals surface area contributed by atoms with Gasteiger partial charge in [-0.3, -0.25) is 4.79 Å². The summed E-state index contributed by atoms with van der Waals surface area (Å²) in [5.74, 6) is 0.281. The van der Waals surface area contributed by atoms with E-state index >= 15 is 0 Å². The second-order valence-electron chi connectivity index (χ2n) is 2.68. The Morgan fingerprint density at radius 2 is 2.56 bits per heavy atom. The Bertz CT molecular complexity index is 146. The van der Waals surface area contributed by atoms with Gasteiger partial charge >= 0.3 is 5.97 Å². The lowest BCUT2D eigenvalue weighted by Gasteiger charge is -2.36. The maximum atomic E-state index is 10.6. The molecule has 2 heterocycles. The molecule has 0 spiro atoms. The summed E-state index contributed by atoms with van der Waals surface area (Å²) in [6.45, 7) is 2.08. The van der Waals surface area contributed by atoms with Crippen LogP contribution in [0, 0.1) is 5.92 Å². The molecule has 3 heteroatoms. The van der Waals surface area contributed by atoms with Crippen molar-refractivity contribution in [2.45, 2.75) is 12.5 Å². The Morgan fingerprint density at radius 1 is 1.67 bits per heavy atom. The molecule has 0 aromatic rings. The van der Waals surface area contributed by atoms with E-state index in [9.17, 15) is 4.79 Å². The summed E-state index contributed by atoms with van der Waals surface area (Å²) in [6.07, 6.45) is 1.27. The minimum atomic E-state index is 0.0214. The highest BCUT2D eigenvalue weighted by atomic mass is 16.6. The average molecular weight is 128 g/mol. The monoisotopic (exact) mass is 128 g/mol. The van der Waals surface area contributed by atoms with Crippen LogP contribution in [0.25, 0.3) is 0 Å². The molecule has 2 saturated heterocycles. The Labute approximate surface area is 53.4 Å². The fraction of sp³-hybridized carbons (Fsp3) is 0.833. The first-order valence-electron chi connectivity index (χ1n) is 3.40. The lowest BCUT2D eigenvalue weighted by molar-refractivity contribution is -0.674. The topological polar surface area (TPSA) is 42.9 Å². The van der Waals surface area contributed by atoms with Crippen LogP contribution in [0.1, 0.15) is 6.42 Å². The molecule has 2 atom stereocenters. The molecule has 50 valence electrons. The van der Waals surface area contributed by atoms with E-state index in [4.69, 9.17) is 4.74 Å². The van der Waals surface area contributed by atoms with E-state index in [-0.39, 0.29) is 18.0 Å². The number of carbonyl (C=O) groups excluding carboxylic acids is 1. The van der Waals surface area contributed by atoms with Crippen molar-refractivity contribution in [3.05, 3.63) is 0 Å². The predicted molar refractivity (Wildman–Crippen MR) is 29.6 cm³/mol. The average Bonchev–Trinajstić information content (AvgIpc) is 1.86. The maximum absolute atomic E-state index is 10.6. The zero-order valence-electron chi connectivity index (χ0n) is 5.17. The van der Waals surface area contributed by atoms with E-state index in [1.165, 1.54) is 0 Å². The zero-order chi connectivity index (χ0) is 6.27. The van der Waals surface area contributed by atoms with Crippen LogP contribution < -0.4 is 5.32 Å². The number of nitrogens with two attached hydrogens (primary N) is 1. The molecule has 0 saturated carbocycles. The van der Waals surface area contributed by atoms with Crippen LogP contribution in [0.4, 0.5) is 0 Å². The Kier molecular flexibility index (Phi) is 0.990. The molecule has 0 aromatic heterocycles. The molecule has 0 aliphatic carbocycles. The van der Waals surface area contributed by atoms with E-state index < -0.39 is 0 Å². The van der Waals surface area contributed by atoms with Crippen LogP contribution in [0.3, 0.4) is 0 Å². The minimum Gasteiger partial charge on any atom is -0.455 e. The molecular weight excluding hydrogens is 118 g/mol. The molecule has 0 unspecified atom stereocenters. The van der Waals surface area contributed by atoms with Gasteiger partial charge in [-0.2, -0.15) is 0 Å². The standard InChI is InChI=1S/C6H9NO2/c8-6-4-1-2-7-3-5(4)9-6/h4-5,7H,1-3H2/p+1/t4-,5+/m1/s1. The third kappa shape index (κ3) is 0.645.